The standard InChI is InChI=1S/C18H39N.ClH/c1-6-9-11-12-14-17(18(4,5)19)15-16(8-3)13-10-7-2;/h16-17H,6-15,19H2,1-5H3;1H. The molecule has 0 saturated carbocycles. The summed E-state index contributed by atoms with van der Waals surface area (Å²) in [5.74, 6) is 1.74. The molecule has 0 aromatic rings. The van der Waals surface area contributed by atoms with Crippen LogP contribution in [0.3, 0.4) is 0 Å². The van der Waals surface area contributed by atoms with Gasteiger partial charge in [0.2, 0.25) is 0 Å². The van der Waals surface area contributed by atoms with Gasteiger partial charge < -0.3 is 18.1 Å². The van der Waals surface area contributed by atoms with Gasteiger partial charge in [0.15, 0.2) is 0 Å². The van der Waals surface area contributed by atoms with Crippen molar-refractivity contribution >= 4 is 0 Å². The van der Waals surface area contributed by atoms with E-state index >= 15 is 0 Å². The van der Waals surface area contributed by atoms with Gasteiger partial charge in [-0.3, -0.25) is 0 Å². The third-order valence-corrected chi connectivity index (χ3v) is 4.67. The maximum atomic E-state index is 4.44. The summed E-state index contributed by atoms with van der Waals surface area (Å²) in [6, 6.07) is 0. The molecule has 0 rings (SSSR count). The summed E-state index contributed by atoms with van der Waals surface area (Å²) in [4.78, 5) is 0. The van der Waals surface area contributed by atoms with Crippen molar-refractivity contribution in [3.8, 4) is 0 Å². The Morgan fingerprint density at radius 3 is 1.90 bits per heavy atom. The van der Waals surface area contributed by atoms with Crippen molar-refractivity contribution in [2.45, 2.75) is 104 Å². The van der Waals surface area contributed by atoms with E-state index in [-0.39, 0.29) is 17.9 Å². The van der Waals surface area contributed by atoms with Crippen LogP contribution in [0.1, 0.15) is 98.8 Å². The zero-order valence-corrected chi connectivity index (χ0v) is 15.6. The van der Waals surface area contributed by atoms with Crippen LogP contribution in [-0.4, -0.2) is 5.54 Å². The maximum Gasteiger partial charge on any atom is 0.0917 e. The van der Waals surface area contributed by atoms with Crippen molar-refractivity contribution in [2.24, 2.45) is 11.8 Å². The molecule has 0 aliphatic carbocycles. The lowest BCUT2D eigenvalue weighted by Crippen LogP contribution is -3.00. The Morgan fingerprint density at radius 2 is 1.45 bits per heavy atom. The van der Waals surface area contributed by atoms with E-state index in [0.29, 0.717) is 0 Å². The molecular formula is C18H40ClN. The SMILES string of the molecule is CCCCCCC(CC(CC)CCCC)C(C)(C)[NH3+].[Cl-]. The zero-order valence-electron chi connectivity index (χ0n) is 14.8. The second-order valence-electron chi connectivity index (χ2n) is 7.19. The summed E-state index contributed by atoms with van der Waals surface area (Å²) in [6.07, 6.45) is 13.9. The summed E-state index contributed by atoms with van der Waals surface area (Å²) in [6.45, 7) is 11.6. The Morgan fingerprint density at radius 1 is 0.850 bits per heavy atom. The molecule has 124 valence electrons. The lowest BCUT2D eigenvalue weighted by atomic mass is 9.76. The molecule has 0 bridgehead atoms. The molecule has 0 aromatic carbocycles. The molecule has 0 heterocycles. The topological polar surface area (TPSA) is 27.6 Å². The second kappa shape index (κ2) is 13.0. The number of halogens is 1. The quantitative estimate of drug-likeness (QED) is 0.535. The predicted octanol–water partition coefficient (Wildman–Crippen LogP) is 2.20. The summed E-state index contributed by atoms with van der Waals surface area (Å²) >= 11 is 0. The van der Waals surface area contributed by atoms with E-state index in [9.17, 15) is 0 Å². The Kier molecular flexibility index (Phi) is 14.6. The highest BCUT2D eigenvalue weighted by Crippen LogP contribution is 2.30. The van der Waals surface area contributed by atoms with E-state index in [1.807, 2.05) is 0 Å². The Labute approximate surface area is 134 Å². The average Bonchev–Trinajstić information content (AvgIpc) is 2.35. The number of quaternary nitrogens is 1. The van der Waals surface area contributed by atoms with Gasteiger partial charge >= 0.3 is 0 Å². The molecule has 0 aromatic heterocycles. The summed E-state index contributed by atoms with van der Waals surface area (Å²) in [7, 11) is 0. The van der Waals surface area contributed by atoms with Crippen molar-refractivity contribution in [3.63, 3.8) is 0 Å². The van der Waals surface area contributed by atoms with Crippen LogP contribution in [0.5, 0.6) is 0 Å². The molecule has 1 nitrogen and oxygen atoms in total. The fourth-order valence-electron chi connectivity index (χ4n) is 3.03. The molecule has 2 unspecified atom stereocenters. The van der Waals surface area contributed by atoms with Gasteiger partial charge in [0.25, 0.3) is 0 Å². The first-order valence-electron chi connectivity index (χ1n) is 8.80. The van der Waals surface area contributed by atoms with Crippen LogP contribution in [0.25, 0.3) is 0 Å². The van der Waals surface area contributed by atoms with Crippen molar-refractivity contribution in [3.05, 3.63) is 0 Å². The molecular weight excluding hydrogens is 266 g/mol. The van der Waals surface area contributed by atoms with Crippen molar-refractivity contribution in [1.82, 2.24) is 0 Å². The van der Waals surface area contributed by atoms with Crippen molar-refractivity contribution in [1.29, 1.82) is 0 Å². The highest BCUT2D eigenvalue weighted by molar-refractivity contribution is 4.78. The van der Waals surface area contributed by atoms with E-state index < -0.39 is 0 Å². The van der Waals surface area contributed by atoms with Crippen molar-refractivity contribution < 1.29 is 18.1 Å². The first kappa shape index (κ1) is 22.5. The normalized spacial score (nSPS) is 14.7. The van der Waals surface area contributed by atoms with E-state index in [4.69, 9.17) is 0 Å². The first-order valence-corrected chi connectivity index (χ1v) is 8.80. The molecule has 0 radical (unpaired) electrons. The zero-order chi connectivity index (χ0) is 14.7. The first-order chi connectivity index (χ1) is 8.95. The monoisotopic (exact) mass is 305 g/mol. The molecule has 2 atom stereocenters. The lowest BCUT2D eigenvalue weighted by molar-refractivity contribution is -0.481. The van der Waals surface area contributed by atoms with E-state index in [0.717, 1.165) is 11.8 Å². The van der Waals surface area contributed by atoms with Gasteiger partial charge in [-0.1, -0.05) is 72.1 Å². The highest BCUT2D eigenvalue weighted by atomic mass is 35.5. The van der Waals surface area contributed by atoms with Crippen LogP contribution in [0.2, 0.25) is 0 Å². The van der Waals surface area contributed by atoms with Crippen LogP contribution < -0.4 is 18.1 Å². The van der Waals surface area contributed by atoms with Crippen LogP contribution in [0.15, 0.2) is 0 Å². The Balaban J connectivity index is 0. The number of rotatable bonds is 12. The van der Waals surface area contributed by atoms with E-state index in [1.54, 1.807) is 0 Å². The molecule has 0 saturated heterocycles. The smallest absolute Gasteiger partial charge is 0.0917 e. The van der Waals surface area contributed by atoms with Gasteiger partial charge in [0, 0.05) is 5.92 Å². The molecule has 3 N–H and O–H groups in total. The number of hydrogen-bond donors (Lipinski definition) is 1. The highest BCUT2D eigenvalue weighted by Gasteiger charge is 2.30. The minimum atomic E-state index is 0. The predicted molar refractivity (Wildman–Crippen MR) is 87.1 cm³/mol. The molecule has 0 aliphatic rings. The third kappa shape index (κ3) is 11.0. The van der Waals surface area contributed by atoms with Gasteiger partial charge in [-0.05, 0) is 32.6 Å². The van der Waals surface area contributed by atoms with E-state index in [2.05, 4.69) is 40.4 Å². The minimum Gasteiger partial charge on any atom is -1.00 e. The minimum absolute atomic E-state index is 0. The summed E-state index contributed by atoms with van der Waals surface area (Å²) in [5.41, 5.74) is 4.68. The van der Waals surface area contributed by atoms with E-state index in [1.165, 1.54) is 64.2 Å². The largest absolute Gasteiger partial charge is 1.00 e. The second-order valence-corrected chi connectivity index (χ2v) is 7.19. The van der Waals surface area contributed by atoms with Crippen LogP contribution in [0.4, 0.5) is 0 Å². The van der Waals surface area contributed by atoms with Crippen LogP contribution in [0, 0.1) is 11.8 Å². The fourth-order valence-corrected chi connectivity index (χ4v) is 3.03. The third-order valence-electron chi connectivity index (χ3n) is 4.67. The van der Waals surface area contributed by atoms with Gasteiger partial charge in [-0.2, -0.15) is 0 Å². The maximum absolute atomic E-state index is 4.44. The Hall–Kier alpha value is 0.250. The average molecular weight is 306 g/mol. The molecule has 0 amide bonds. The molecule has 0 fully saturated rings. The molecule has 0 aliphatic heterocycles. The molecule has 0 spiro atoms. The number of unbranched alkanes of at least 4 members (excludes halogenated alkanes) is 4. The molecule has 2 heteroatoms. The summed E-state index contributed by atoms with van der Waals surface area (Å²) in [5, 5.41) is 0. The van der Waals surface area contributed by atoms with Gasteiger partial charge in [-0.15, -0.1) is 0 Å². The fraction of sp³-hybridized carbons (Fsp3) is 1.00. The summed E-state index contributed by atoms with van der Waals surface area (Å²) < 4.78 is 0. The Bertz CT molecular complexity index is 198. The number of hydrogen-bond acceptors (Lipinski definition) is 0. The van der Waals surface area contributed by atoms with Gasteiger partial charge in [0.05, 0.1) is 5.54 Å². The molecule has 20 heavy (non-hydrogen) atoms. The van der Waals surface area contributed by atoms with Crippen molar-refractivity contribution in [2.75, 3.05) is 0 Å². The van der Waals surface area contributed by atoms with Gasteiger partial charge in [-0.25, -0.2) is 0 Å². The van der Waals surface area contributed by atoms with Crippen LogP contribution >= 0.6 is 0 Å². The van der Waals surface area contributed by atoms with Gasteiger partial charge in [0.1, 0.15) is 0 Å². The lowest BCUT2D eigenvalue weighted by Gasteiger charge is -2.31. The van der Waals surface area contributed by atoms with Crippen LogP contribution in [-0.2, 0) is 0 Å².